The number of nitrogens with two attached hydrogens (primary N) is 1. The molecule has 0 saturated carbocycles. The van der Waals surface area contributed by atoms with E-state index in [1.165, 1.54) is 0 Å². The highest BCUT2D eigenvalue weighted by Crippen LogP contribution is 2.22. The molecule has 0 spiro atoms. The molecular weight excluding hydrogens is 382 g/mol. The van der Waals surface area contributed by atoms with Gasteiger partial charge in [-0.1, -0.05) is 12.1 Å². The van der Waals surface area contributed by atoms with Crippen LogP contribution in [0.3, 0.4) is 0 Å². The SMILES string of the molecule is NCCCNC(=O)c1ccc(CNC(=O)c2cc([N+](=O)[O-])cc([N+](=O)[O-])c2)cc1. The van der Waals surface area contributed by atoms with E-state index in [4.69, 9.17) is 5.73 Å². The molecule has 29 heavy (non-hydrogen) atoms. The lowest BCUT2D eigenvalue weighted by Gasteiger charge is -2.07. The Kier molecular flexibility index (Phi) is 7.32. The predicted octanol–water partition coefficient (Wildman–Crippen LogP) is 1.51. The summed E-state index contributed by atoms with van der Waals surface area (Å²) in [6.45, 7) is 1.03. The minimum absolute atomic E-state index is 0.0738. The van der Waals surface area contributed by atoms with Crippen LogP contribution in [0.2, 0.25) is 0 Å². The third kappa shape index (κ3) is 6.07. The fourth-order valence-corrected chi connectivity index (χ4v) is 2.40. The summed E-state index contributed by atoms with van der Waals surface area (Å²) < 4.78 is 0. The van der Waals surface area contributed by atoms with Crippen molar-refractivity contribution in [2.45, 2.75) is 13.0 Å². The molecule has 0 atom stereocenters. The van der Waals surface area contributed by atoms with Crippen LogP contribution < -0.4 is 16.4 Å². The van der Waals surface area contributed by atoms with Crippen LogP contribution in [-0.4, -0.2) is 34.8 Å². The van der Waals surface area contributed by atoms with Gasteiger partial charge in [0.25, 0.3) is 23.2 Å². The molecular formula is C18H19N5O6. The van der Waals surface area contributed by atoms with Crippen LogP contribution in [0.4, 0.5) is 11.4 Å². The molecule has 4 N–H and O–H groups in total. The normalized spacial score (nSPS) is 10.2. The van der Waals surface area contributed by atoms with Gasteiger partial charge in [-0.3, -0.25) is 29.8 Å². The van der Waals surface area contributed by atoms with E-state index < -0.39 is 27.1 Å². The number of amides is 2. The molecule has 0 saturated heterocycles. The van der Waals surface area contributed by atoms with E-state index in [9.17, 15) is 29.8 Å². The lowest BCUT2D eigenvalue weighted by molar-refractivity contribution is -0.394. The zero-order chi connectivity index (χ0) is 21.4. The second-order valence-electron chi connectivity index (χ2n) is 6.03. The maximum Gasteiger partial charge on any atom is 0.277 e. The van der Waals surface area contributed by atoms with Gasteiger partial charge < -0.3 is 16.4 Å². The van der Waals surface area contributed by atoms with Gasteiger partial charge in [-0.15, -0.1) is 0 Å². The quantitative estimate of drug-likeness (QED) is 0.325. The number of nitrogens with zero attached hydrogens (tertiary/aromatic N) is 2. The Morgan fingerprint density at radius 3 is 1.93 bits per heavy atom. The van der Waals surface area contributed by atoms with Crippen molar-refractivity contribution in [2.24, 2.45) is 5.73 Å². The number of rotatable bonds is 9. The second kappa shape index (κ2) is 9.90. The first-order valence-electron chi connectivity index (χ1n) is 8.61. The zero-order valence-electron chi connectivity index (χ0n) is 15.3. The number of non-ortho nitro benzene ring substituents is 2. The van der Waals surface area contributed by atoms with Gasteiger partial charge in [0, 0.05) is 30.8 Å². The first-order chi connectivity index (χ1) is 13.8. The first kappa shape index (κ1) is 21.4. The number of carbonyl (C=O) groups is 2. The molecule has 0 aliphatic carbocycles. The third-order valence-electron chi connectivity index (χ3n) is 3.92. The summed E-state index contributed by atoms with van der Waals surface area (Å²) in [5.41, 5.74) is 5.21. The lowest BCUT2D eigenvalue weighted by Crippen LogP contribution is -2.26. The van der Waals surface area contributed by atoms with Crippen LogP contribution >= 0.6 is 0 Å². The van der Waals surface area contributed by atoms with Crippen LogP contribution in [0.15, 0.2) is 42.5 Å². The van der Waals surface area contributed by atoms with Crippen LogP contribution in [0.1, 0.15) is 32.7 Å². The van der Waals surface area contributed by atoms with Gasteiger partial charge in [0.05, 0.1) is 21.5 Å². The monoisotopic (exact) mass is 401 g/mol. The number of carbonyl (C=O) groups excluding carboxylic acids is 2. The van der Waals surface area contributed by atoms with Crippen molar-refractivity contribution < 1.29 is 19.4 Å². The molecule has 0 fully saturated rings. The van der Waals surface area contributed by atoms with E-state index in [0.717, 1.165) is 18.2 Å². The van der Waals surface area contributed by atoms with Gasteiger partial charge in [0.2, 0.25) is 0 Å². The highest BCUT2D eigenvalue weighted by atomic mass is 16.6. The fraction of sp³-hybridized carbons (Fsp3) is 0.222. The Morgan fingerprint density at radius 2 is 1.41 bits per heavy atom. The Bertz CT molecular complexity index is 897. The topological polar surface area (TPSA) is 170 Å². The van der Waals surface area contributed by atoms with Crippen molar-refractivity contribution in [1.29, 1.82) is 0 Å². The molecule has 2 aromatic carbocycles. The Morgan fingerprint density at radius 1 is 0.862 bits per heavy atom. The summed E-state index contributed by atoms with van der Waals surface area (Å²) in [6, 6.07) is 9.21. The van der Waals surface area contributed by atoms with Gasteiger partial charge in [-0.25, -0.2) is 0 Å². The molecule has 0 heterocycles. The molecule has 2 rings (SSSR count). The Hall–Kier alpha value is -3.86. The maximum atomic E-state index is 12.3. The largest absolute Gasteiger partial charge is 0.352 e. The molecule has 11 nitrogen and oxygen atoms in total. The van der Waals surface area contributed by atoms with Gasteiger partial charge in [-0.2, -0.15) is 0 Å². The first-order valence-corrected chi connectivity index (χ1v) is 8.61. The van der Waals surface area contributed by atoms with Crippen molar-refractivity contribution >= 4 is 23.2 Å². The van der Waals surface area contributed by atoms with Crippen molar-refractivity contribution in [1.82, 2.24) is 10.6 Å². The number of benzene rings is 2. The number of nitrogens with one attached hydrogen (secondary N) is 2. The summed E-state index contributed by atoms with van der Waals surface area (Å²) in [5, 5.41) is 27.1. The van der Waals surface area contributed by atoms with E-state index in [2.05, 4.69) is 10.6 Å². The maximum absolute atomic E-state index is 12.3. The average Bonchev–Trinajstić information content (AvgIpc) is 2.72. The highest BCUT2D eigenvalue weighted by Gasteiger charge is 2.19. The molecule has 0 aliphatic rings. The number of nitro groups is 2. The van der Waals surface area contributed by atoms with Crippen molar-refractivity contribution in [2.75, 3.05) is 13.1 Å². The highest BCUT2D eigenvalue weighted by molar-refractivity contribution is 5.96. The van der Waals surface area contributed by atoms with Crippen LogP contribution in [0.5, 0.6) is 0 Å². The van der Waals surface area contributed by atoms with Gasteiger partial charge in [0.15, 0.2) is 0 Å². The third-order valence-corrected chi connectivity index (χ3v) is 3.92. The van der Waals surface area contributed by atoms with Gasteiger partial charge in [-0.05, 0) is 30.7 Å². The molecule has 0 bridgehead atoms. The van der Waals surface area contributed by atoms with Gasteiger partial charge >= 0.3 is 0 Å². The van der Waals surface area contributed by atoms with E-state index in [1.807, 2.05) is 0 Å². The number of nitro benzene ring substituents is 2. The summed E-state index contributed by atoms with van der Waals surface area (Å²) in [5.74, 6) is -0.932. The minimum Gasteiger partial charge on any atom is -0.352 e. The van der Waals surface area contributed by atoms with Crippen molar-refractivity contribution in [3.05, 3.63) is 79.4 Å². The van der Waals surface area contributed by atoms with Crippen LogP contribution in [0, 0.1) is 20.2 Å². The summed E-state index contributed by atoms with van der Waals surface area (Å²) in [6.07, 6.45) is 0.672. The summed E-state index contributed by atoms with van der Waals surface area (Å²) >= 11 is 0. The van der Waals surface area contributed by atoms with E-state index in [1.54, 1.807) is 24.3 Å². The molecule has 2 amide bonds. The number of hydrogen-bond acceptors (Lipinski definition) is 7. The van der Waals surface area contributed by atoms with Gasteiger partial charge in [0.1, 0.15) is 0 Å². The predicted molar refractivity (Wildman–Crippen MR) is 103 cm³/mol. The Labute approximate surface area is 165 Å². The second-order valence-corrected chi connectivity index (χ2v) is 6.03. The minimum atomic E-state index is -0.804. The molecule has 0 radical (unpaired) electrons. The summed E-state index contributed by atoms with van der Waals surface area (Å²) in [7, 11) is 0. The zero-order valence-corrected chi connectivity index (χ0v) is 15.3. The summed E-state index contributed by atoms with van der Waals surface area (Å²) in [4.78, 5) is 44.4. The average molecular weight is 401 g/mol. The Balaban J connectivity index is 2.03. The smallest absolute Gasteiger partial charge is 0.277 e. The molecule has 0 aliphatic heterocycles. The van der Waals surface area contributed by atoms with Crippen molar-refractivity contribution in [3.8, 4) is 0 Å². The number of hydrogen-bond donors (Lipinski definition) is 3. The van der Waals surface area contributed by atoms with Crippen LogP contribution in [-0.2, 0) is 6.54 Å². The molecule has 11 heteroatoms. The fourth-order valence-electron chi connectivity index (χ4n) is 2.40. The van der Waals surface area contributed by atoms with Crippen molar-refractivity contribution in [3.63, 3.8) is 0 Å². The molecule has 2 aromatic rings. The van der Waals surface area contributed by atoms with E-state index in [-0.39, 0.29) is 18.0 Å². The molecule has 0 unspecified atom stereocenters. The van der Waals surface area contributed by atoms with Crippen LogP contribution in [0.25, 0.3) is 0 Å². The lowest BCUT2D eigenvalue weighted by atomic mass is 10.1. The standard InChI is InChI=1S/C18H19N5O6/c19-6-1-7-20-17(24)13-4-2-12(3-5-13)11-21-18(25)14-8-15(22(26)27)10-16(9-14)23(28)29/h2-5,8-10H,1,6-7,11,19H2,(H,20,24)(H,21,25). The van der Waals surface area contributed by atoms with E-state index in [0.29, 0.717) is 30.6 Å². The van der Waals surface area contributed by atoms with E-state index >= 15 is 0 Å². The molecule has 152 valence electrons. The molecule has 0 aromatic heterocycles.